The van der Waals surface area contributed by atoms with Gasteiger partial charge in [-0.05, 0) is 44.8 Å². The molecule has 2 fully saturated rings. The van der Waals surface area contributed by atoms with Crippen molar-refractivity contribution < 1.29 is 8.42 Å². The lowest BCUT2D eigenvalue weighted by Crippen LogP contribution is -2.49. The molecule has 0 bridgehead atoms. The summed E-state index contributed by atoms with van der Waals surface area (Å²) in [5, 5.41) is 0. The average Bonchev–Trinajstić information content (AvgIpc) is 3.07. The molecule has 1 atom stereocenters. The van der Waals surface area contributed by atoms with Gasteiger partial charge >= 0.3 is 0 Å². The predicted molar refractivity (Wildman–Crippen MR) is 89.9 cm³/mol. The lowest BCUT2D eigenvalue weighted by molar-refractivity contribution is 0.357. The molecule has 7 nitrogen and oxygen atoms in total. The lowest BCUT2D eigenvalue weighted by atomic mass is 10.1. The molecule has 2 saturated heterocycles. The van der Waals surface area contributed by atoms with Gasteiger partial charge in [0, 0.05) is 38.1 Å². The van der Waals surface area contributed by atoms with E-state index in [9.17, 15) is 8.42 Å². The van der Waals surface area contributed by atoms with E-state index >= 15 is 0 Å². The van der Waals surface area contributed by atoms with E-state index in [1.165, 1.54) is 12.8 Å². The number of anilines is 1. The van der Waals surface area contributed by atoms with Crippen LogP contribution in [0, 0.1) is 0 Å². The van der Waals surface area contributed by atoms with E-state index in [1.54, 1.807) is 18.5 Å². The van der Waals surface area contributed by atoms with Crippen LogP contribution in [-0.2, 0) is 10.0 Å². The molecule has 1 N–H and O–H groups in total. The summed E-state index contributed by atoms with van der Waals surface area (Å²) >= 11 is 0. The predicted octanol–water partition coefficient (Wildman–Crippen LogP) is 0.461. The van der Waals surface area contributed by atoms with E-state index < -0.39 is 10.0 Å². The molecular weight excluding hydrogens is 314 g/mol. The summed E-state index contributed by atoms with van der Waals surface area (Å²) in [6.07, 6.45) is 7.60. The Kier molecular flexibility index (Phi) is 5.45. The topological polar surface area (TPSA) is 78.4 Å². The molecule has 2 aliphatic rings. The zero-order valence-corrected chi connectivity index (χ0v) is 14.2. The molecule has 3 rings (SSSR count). The molecule has 2 aliphatic heterocycles. The molecule has 128 valence electrons. The second-order valence-corrected chi connectivity index (χ2v) is 8.19. The van der Waals surface area contributed by atoms with Crippen LogP contribution >= 0.6 is 0 Å². The zero-order valence-electron chi connectivity index (χ0n) is 13.4. The Morgan fingerprint density at radius 1 is 1.13 bits per heavy atom. The number of hydrogen-bond donors (Lipinski definition) is 1. The molecule has 0 saturated carbocycles. The third-order valence-electron chi connectivity index (χ3n) is 4.48. The van der Waals surface area contributed by atoms with Gasteiger partial charge in [0.25, 0.3) is 0 Å². The third kappa shape index (κ3) is 4.86. The summed E-state index contributed by atoms with van der Waals surface area (Å²) in [6, 6.07) is 1.72. The molecule has 1 aromatic rings. The SMILES string of the molecule is O=S(=O)(CCN1CCCC1)NC1CCCN(c2ncccn2)C1. The van der Waals surface area contributed by atoms with Crippen LogP contribution in [0.3, 0.4) is 0 Å². The first-order valence-electron chi connectivity index (χ1n) is 8.37. The van der Waals surface area contributed by atoms with Crippen molar-refractivity contribution in [3.8, 4) is 0 Å². The smallest absolute Gasteiger partial charge is 0.225 e. The molecule has 0 aliphatic carbocycles. The molecule has 23 heavy (non-hydrogen) atoms. The minimum absolute atomic E-state index is 0.0591. The summed E-state index contributed by atoms with van der Waals surface area (Å²) in [6.45, 7) is 4.19. The van der Waals surface area contributed by atoms with E-state index in [-0.39, 0.29) is 11.8 Å². The molecule has 0 radical (unpaired) electrons. The second kappa shape index (κ2) is 7.55. The number of hydrogen-bond acceptors (Lipinski definition) is 6. The van der Waals surface area contributed by atoms with Crippen molar-refractivity contribution in [2.75, 3.05) is 43.4 Å². The number of likely N-dealkylation sites (tertiary alicyclic amines) is 1. The van der Waals surface area contributed by atoms with Crippen molar-refractivity contribution in [3.05, 3.63) is 18.5 Å². The standard InChI is InChI=1S/C15H25N5O2S/c21-23(22,12-11-19-8-1-2-9-19)18-14-5-3-10-20(13-14)15-16-6-4-7-17-15/h4,6-7,14,18H,1-3,5,8-13H2. The van der Waals surface area contributed by atoms with Crippen LogP contribution in [0.15, 0.2) is 18.5 Å². The van der Waals surface area contributed by atoms with Gasteiger partial charge in [0.1, 0.15) is 0 Å². The molecule has 0 aromatic carbocycles. The first kappa shape index (κ1) is 16.6. The lowest BCUT2D eigenvalue weighted by Gasteiger charge is -2.33. The van der Waals surface area contributed by atoms with Gasteiger partial charge in [0.05, 0.1) is 5.75 Å². The summed E-state index contributed by atoms with van der Waals surface area (Å²) in [5.41, 5.74) is 0. The van der Waals surface area contributed by atoms with E-state index in [2.05, 4.69) is 24.5 Å². The van der Waals surface area contributed by atoms with Crippen LogP contribution in [0.1, 0.15) is 25.7 Å². The highest BCUT2D eigenvalue weighted by Crippen LogP contribution is 2.16. The fourth-order valence-corrected chi connectivity index (χ4v) is 4.59. The maximum absolute atomic E-state index is 12.3. The quantitative estimate of drug-likeness (QED) is 0.811. The first-order chi connectivity index (χ1) is 11.1. The van der Waals surface area contributed by atoms with Gasteiger partial charge in [0.2, 0.25) is 16.0 Å². The molecule has 1 aromatic heterocycles. The summed E-state index contributed by atoms with van der Waals surface area (Å²) < 4.78 is 27.5. The third-order valence-corrected chi connectivity index (χ3v) is 5.89. The van der Waals surface area contributed by atoms with Crippen LogP contribution in [0.2, 0.25) is 0 Å². The Morgan fingerprint density at radius 3 is 2.61 bits per heavy atom. The summed E-state index contributed by atoms with van der Waals surface area (Å²) in [7, 11) is -3.23. The fourth-order valence-electron chi connectivity index (χ4n) is 3.28. The normalized spacial score (nSPS) is 23.3. The van der Waals surface area contributed by atoms with E-state index in [0.717, 1.165) is 32.5 Å². The molecule has 8 heteroatoms. The average molecular weight is 339 g/mol. The van der Waals surface area contributed by atoms with Gasteiger partial charge < -0.3 is 9.80 Å². The molecule has 0 amide bonds. The molecule has 0 spiro atoms. The number of nitrogens with one attached hydrogen (secondary N) is 1. The monoisotopic (exact) mass is 339 g/mol. The fraction of sp³-hybridized carbons (Fsp3) is 0.733. The van der Waals surface area contributed by atoms with Crippen molar-refractivity contribution in [2.24, 2.45) is 0 Å². The van der Waals surface area contributed by atoms with Crippen molar-refractivity contribution in [1.29, 1.82) is 0 Å². The maximum Gasteiger partial charge on any atom is 0.225 e. The van der Waals surface area contributed by atoms with Gasteiger partial charge in [-0.1, -0.05) is 0 Å². The number of sulfonamides is 1. The van der Waals surface area contributed by atoms with Crippen LogP contribution < -0.4 is 9.62 Å². The van der Waals surface area contributed by atoms with E-state index in [1.807, 2.05) is 0 Å². The zero-order chi connectivity index (χ0) is 16.1. The van der Waals surface area contributed by atoms with Crippen molar-refractivity contribution in [2.45, 2.75) is 31.7 Å². The maximum atomic E-state index is 12.3. The number of aromatic nitrogens is 2. The number of nitrogens with zero attached hydrogens (tertiary/aromatic N) is 4. The van der Waals surface area contributed by atoms with Gasteiger partial charge in [-0.25, -0.2) is 23.1 Å². The Bertz CT molecular complexity index is 589. The van der Waals surface area contributed by atoms with Crippen LogP contribution in [0.4, 0.5) is 5.95 Å². The van der Waals surface area contributed by atoms with Gasteiger partial charge in [-0.2, -0.15) is 0 Å². The Labute approximate surface area is 138 Å². The molecule has 1 unspecified atom stereocenters. The van der Waals surface area contributed by atoms with Gasteiger partial charge in [-0.3, -0.25) is 0 Å². The highest BCUT2D eigenvalue weighted by molar-refractivity contribution is 7.89. The van der Waals surface area contributed by atoms with Crippen molar-refractivity contribution >= 4 is 16.0 Å². The minimum Gasteiger partial charge on any atom is -0.339 e. The highest BCUT2D eigenvalue weighted by atomic mass is 32.2. The van der Waals surface area contributed by atoms with Gasteiger partial charge in [0.15, 0.2) is 0 Å². The Morgan fingerprint density at radius 2 is 1.87 bits per heavy atom. The second-order valence-electron chi connectivity index (χ2n) is 6.32. The van der Waals surface area contributed by atoms with E-state index in [0.29, 0.717) is 19.0 Å². The summed E-state index contributed by atoms with van der Waals surface area (Å²) in [5.74, 6) is 0.860. The van der Waals surface area contributed by atoms with Crippen LogP contribution in [-0.4, -0.2) is 67.8 Å². The first-order valence-corrected chi connectivity index (χ1v) is 10.0. The molecular formula is C15H25N5O2S. The van der Waals surface area contributed by atoms with Crippen LogP contribution in [0.25, 0.3) is 0 Å². The summed E-state index contributed by atoms with van der Waals surface area (Å²) in [4.78, 5) is 12.8. The largest absolute Gasteiger partial charge is 0.339 e. The van der Waals surface area contributed by atoms with Crippen molar-refractivity contribution in [3.63, 3.8) is 0 Å². The van der Waals surface area contributed by atoms with Crippen LogP contribution in [0.5, 0.6) is 0 Å². The Hall–Kier alpha value is -1.25. The highest BCUT2D eigenvalue weighted by Gasteiger charge is 2.26. The van der Waals surface area contributed by atoms with Gasteiger partial charge in [-0.15, -0.1) is 0 Å². The number of rotatable bonds is 6. The minimum atomic E-state index is -3.23. The van der Waals surface area contributed by atoms with Crippen molar-refractivity contribution in [1.82, 2.24) is 19.6 Å². The van der Waals surface area contributed by atoms with E-state index in [4.69, 9.17) is 0 Å². The Balaban J connectivity index is 1.52. The number of piperidine rings is 1. The molecule has 3 heterocycles.